The highest BCUT2D eigenvalue weighted by molar-refractivity contribution is 9.10. The topological polar surface area (TPSA) is 66.8 Å². The standard InChI is InChI=1S/C15H19BrO4/c1-9(17)10(2)20-15(14(18)19)6-5-11-7-13(16)4-3-12(11)8-15/h3-4,7,9-10,17H,5-6,8H2,1-2H3,(H,18,19). The summed E-state index contributed by atoms with van der Waals surface area (Å²) in [4.78, 5) is 11.7. The van der Waals surface area contributed by atoms with Crippen LogP contribution in [0.15, 0.2) is 22.7 Å². The fourth-order valence-electron chi connectivity index (χ4n) is 2.52. The van der Waals surface area contributed by atoms with Crippen molar-refractivity contribution < 1.29 is 19.7 Å². The number of rotatable bonds is 4. The molecule has 0 saturated heterocycles. The third-order valence-electron chi connectivity index (χ3n) is 3.92. The van der Waals surface area contributed by atoms with E-state index >= 15 is 0 Å². The van der Waals surface area contributed by atoms with E-state index in [1.165, 1.54) is 0 Å². The first-order chi connectivity index (χ1) is 9.34. The second-order valence-electron chi connectivity index (χ2n) is 5.45. The summed E-state index contributed by atoms with van der Waals surface area (Å²) in [6.45, 7) is 3.31. The molecule has 20 heavy (non-hydrogen) atoms. The Kier molecular flexibility index (Phi) is 4.52. The lowest BCUT2D eigenvalue weighted by molar-refractivity contribution is -0.182. The van der Waals surface area contributed by atoms with Gasteiger partial charge in [0.05, 0.1) is 12.2 Å². The van der Waals surface area contributed by atoms with E-state index in [1.54, 1.807) is 13.8 Å². The quantitative estimate of drug-likeness (QED) is 0.882. The average Bonchev–Trinajstić information content (AvgIpc) is 2.38. The summed E-state index contributed by atoms with van der Waals surface area (Å²) in [5.41, 5.74) is 0.918. The maximum absolute atomic E-state index is 11.7. The van der Waals surface area contributed by atoms with Crippen LogP contribution in [0, 0.1) is 0 Å². The van der Waals surface area contributed by atoms with Gasteiger partial charge in [-0.15, -0.1) is 0 Å². The molecule has 1 aliphatic carbocycles. The number of aliphatic hydroxyl groups is 1. The van der Waals surface area contributed by atoms with Gasteiger partial charge in [0.2, 0.25) is 0 Å². The fourth-order valence-corrected chi connectivity index (χ4v) is 2.93. The Labute approximate surface area is 126 Å². The summed E-state index contributed by atoms with van der Waals surface area (Å²) in [5.74, 6) is -0.960. The summed E-state index contributed by atoms with van der Waals surface area (Å²) in [5, 5.41) is 19.1. The second kappa shape index (κ2) is 5.84. The molecule has 0 saturated carbocycles. The Morgan fingerprint density at radius 3 is 2.70 bits per heavy atom. The molecule has 0 amide bonds. The number of carbonyl (C=O) groups is 1. The van der Waals surface area contributed by atoms with Crippen molar-refractivity contribution in [1.29, 1.82) is 0 Å². The van der Waals surface area contributed by atoms with Gasteiger partial charge in [-0.05, 0) is 49.9 Å². The fraction of sp³-hybridized carbons (Fsp3) is 0.533. The van der Waals surface area contributed by atoms with Gasteiger partial charge in [0, 0.05) is 10.9 Å². The summed E-state index contributed by atoms with van der Waals surface area (Å²) in [7, 11) is 0. The lowest BCUT2D eigenvalue weighted by Crippen LogP contribution is -2.50. The van der Waals surface area contributed by atoms with E-state index in [1.807, 2.05) is 18.2 Å². The Balaban J connectivity index is 2.28. The monoisotopic (exact) mass is 342 g/mol. The third kappa shape index (κ3) is 3.05. The van der Waals surface area contributed by atoms with Crippen molar-refractivity contribution in [3.05, 3.63) is 33.8 Å². The molecule has 5 heteroatoms. The number of hydrogen-bond acceptors (Lipinski definition) is 3. The Hall–Kier alpha value is -0.910. The molecule has 110 valence electrons. The molecule has 0 aromatic heterocycles. The normalized spacial score (nSPS) is 24.8. The molecule has 2 N–H and O–H groups in total. The zero-order chi connectivity index (χ0) is 14.9. The maximum atomic E-state index is 11.7. The molecule has 0 aliphatic heterocycles. The van der Waals surface area contributed by atoms with Gasteiger partial charge in [-0.3, -0.25) is 0 Å². The smallest absolute Gasteiger partial charge is 0.336 e. The average molecular weight is 343 g/mol. The highest BCUT2D eigenvalue weighted by Crippen LogP contribution is 2.34. The van der Waals surface area contributed by atoms with Crippen LogP contribution >= 0.6 is 15.9 Å². The van der Waals surface area contributed by atoms with Gasteiger partial charge in [0.1, 0.15) is 0 Å². The van der Waals surface area contributed by atoms with Crippen LogP contribution in [0.5, 0.6) is 0 Å². The molecule has 1 aromatic carbocycles. The van der Waals surface area contributed by atoms with Crippen molar-refractivity contribution >= 4 is 21.9 Å². The van der Waals surface area contributed by atoms with Crippen molar-refractivity contribution in [2.75, 3.05) is 0 Å². The van der Waals surface area contributed by atoms with Crippen LogP contribution in [0.2, 0.25) is 0 Å². The molecule has 0 spiro atoms. The maximum Gasteiger partial charge on any atom is 0.336 e. The number of aliphatic hydroxyl groups excluding tert-OH is 1. The molecule has 3 atom stereocenters. The van der Waals surface area contributed by atoms with E-state index in [-0.39, 0.29) is 0 Å². The molecule has 1 aliphatic rings. The molecule has 2 rings (SSSR count). The minimum atomic E-state index is -1.24. The van der Waals surface area contributed by atoms with Gasteiger partial charge in [0.25, 0.3) is 0 Å². The zero-order valence-corrected chi connectivity index (χ0v) is 13.2. The van der Waals surface area contributed by atoms with Crippen molar-refractivity contribution in [3.8, 4) is 0 Å². The first-order valence-electron chi connectivity index (χ1n) is 6.71. The van der Waals surface area contributed by atoms with Gasteiger partial charge < -0.3 is 14.9 Å². The highest BCUT2D eigenvalue weighted by Gasteiger charge is 2.44. The van der Waals surface area contributed by atoms with Gasteiger partial charge in [-0.1, -0.05) is 22.0 Å². The van der Waals surface area contributed by atoms with Gasteiger partial charge in [-0.2, -0.15) is 0 Å². The number of hydrogen-bond donors (Lipinski definition) is 2. The number of aliphatic carboxylic acids is 1. The highest BCUT2D eigenvalue weighted by atomic mass is 79.9. The number of fused-ring (bicyclic) bond motifs is 1. The zero-order valence-electron chi connectivity index (χ0n) is 11.6. The molecular weight excluding hydrogens is 324 g/mol. The first kappa shape index (κ1) is 15.5. The lowest BCUT2D eigenvalue weighted by atomic mass is 9.80. The number of halogens is 1. The summed E-state index contributed by atoms with van der Waals surface area (Å²) < 4.78 is 6.73. The van der Waals surface area contributed by atoms with Crippen LogP contribution in [0.25, 0.3) is 0 Å². The second-order valence-corrected chi connectivity index (χ2v) is 6.37. The Bertz CT molecular complexity index is 515. The predicted octanol–water partition coefficient (Wildman–Crippen LogP) is 2.55. The number of ether oxygens (including phenoxy) is 1. The van der Waals surface area contributed by atoms with E-state index in [4.69, 9.17) is 4.74 Å². The Morgan fingerprint density at radius 2 is 2.10 bits per heavy atom. The molecule has 0 heterocycles. The lowest BCUT2D eigenvalue weighted by Gasteiger charge is -2.37. The molecule has 3 unspecified atom stereocenters. The van der Waals surface area contributed by atoms with E-state index in [2.05, 4.69) is 15.9 Å². The number of carboxylic acids is 1. The van der Waals surface area contributed by atoms with Crippen molar-refractivity contribution in [3.63, 3.8) is 0 Å². The van der Waals surface area contributed by atoms with Crippen LogP contribution in [-0.4, -0.2) is 34.0 Å². The van der Waals surface area contributed by atoms with E-state index < -0.39 is 23.8 Å². The van der Waals surface area contributed by atoms with Crippen LogP contribution in [0.4, 0.5) is 0 Å². The minimum absolute atomic E-state index is 0.335. The predicted molar refractivity (Wildman–Crippen MR) is 78.8 cm³/mol. The number of aryl methyl sites for hydroxylation is 1. The summed E-state index contributed by atoms with van der Waals surface area (Å²) in [6, 6.07) is 5.88. The molecule has 0 radical (unpaired) electrons. The molecule has 0 fully saturated rings. The molecular formula is C15H19BrO4. The van der Waals surface area contributed by atoms with Crippen molar-refractivity contribution in [2.24, 2.45) is 0 Å². The molecule has 4 nitrogen and oxygen atoms in total. The Morgan fingerprint density at radius 1 is 1.40 bits per heavy atom. The molecule has 1 aromatic rings. The van der Waals surface area contributed by atoms with Crippen LogP contribution in [0.3, 0.4) is 0 Å². The molecule has 0 bridgehead atoms. The van der Waals surface area contributed by atoms with Crippen molar-refractivity contribution in [1.82, 2.24) is 0 Å². The van der Waals surface area contributed by atoms with E-state index in [0.717, 1.165) is 15.6 Å². The van der Waals surface area contributed by atoms with Crippen LogP contribution < -0.4 is 0 Å². The summed E-state index contributed by atoms with van der Waals surface area (Å²) in [6.07, 6.45) is 0.207. The van der Waals surface area contributed by atoms with Gasteiger partial charge in [0.15, 0.2) is 5.60 Å². The number of benzene rings is 1. The minimum Gasteiger partial charge on any atom is -0.479 e. The van der Waals surface area contributed by atoms with E-state index in [9.17, 15) is 15.0 Å². The van der Waals surface area contributed by atoms with Gasteiger partial charge >= 0.3 is 5.97 Å². The SMILES string of the molecule is CC(O)C(C)OC1(C(=O)O)CCc2cc(Br)ccc2C1. The largest absolute Gasteiger partial charge is 0.479 e. The van der Waals surface area contributed by atoms with Crippen LogP contribution in [0.1, 0.15) is 31.4 Å². The third-order valence-corrected chi connectivity index (χ3v) is 4.42. The summed E-state index contributed by atoms with van der Waals surface area (Å²) >= 11 is 3.43. The van der Waals surface area contributed by atoms with Crippen LogP contribution in [-0.2, 0) is 22.4 Å². The number of carboxylic acid groups (broad SMARTS) is 1. The van der Waals surface area contributed by atoms with E-state index in [0.29, 0.717) is 19.3 Å². The van der Waals surface area contributed by atoms with Crippen molar-refractivity contribution in [2.45, 2.75) is 50.9 Å². The van der Waals surface area contributed by atoms with Gasteiger partial charge in [-0.25, -0.2) is 4.79 Å². The first-order valence-corrected chi connectivity index (χ1v) is 7.50.